The molecule has 2 nitrogen and oxygen atoms in total. The number of β-lactam (4-membered cyclic amide) rings is 1. The van der Waals surface area contributed by atoms with Crippen LogP contribution in [0.1, 0.15) is 40.5 Å². The lowest BCUT2D eigenvalue weighted by Gasteiger charge is -2.57. The molecular weight excluding hydrogens is 250 g/mol. The molecule has 1 fully saturated rings. The SMILES string of the molecule is CC1[C@H](CCCCl)C(=O)N1[Si](C)(C)C(C)(C)C. The van der Waals surface area contributed by atoms with Crippen LogP contribution in [-0.4, -0.2) is 30.6 Å². The summed E-state index contributed by atoms with van der Waals surface area (Å²) in [5.74, 6) is 1.26. The number of halogens is 1. The van der Waals surface area contributed by atoms with Crippen molar-refractivity contribution in [3.8, 4) is 0 Å². The van der Waals surface area contributed by atoms with Crippen molar-refractivity contribution in [2.75, 3.05) is 5.88 Å². The molecule has 0 bridgehead atoms. The van der Waals surface area contributed by atoms with Crippen LogP contribution in [0.3, 0.4) is 0 Å². The quantitative estimate of drug-likeness (QED) is 0.433. The van der Waals surface area contributed by atoms with Gasteiger partial charge in [-0.1, -0.05) is 33.9 Å². The number of alkyl halides is 1. The Hall–Kier alpha value is -0.0231. The zero-order valence-corrected chi connectivity index (χ0v) is 13.8. The second kappa shape index (κ2) is 4.92. The number of carbonyl (C=O) groups is 1. The van der Waals surface area contributed by atoms with Crippen molar-refractivity contribution in [3.63, 3.8) is 0 Å². The first-order valence-corrected chi connectivity index (χ1v) is 10.0. The first kappa shape index (κ1) is 15.0. The highest BCUT2D eigenvalue weighted by atomic mass is 35.5. The topological polar surface area (TPSA) is 20.3 Å². The second-order valence-electron chi connectivity index (χ2n) is 6.70. The van der Waals surface area contributed by atoms with Gasteiger partial charge in [-0.25, -0.2) is 0 Å². The van der Waals surface area contributed by atoms with Gasteiger partial charge in [0.05, 0.1) is 5.92 Å². The molecule has 1 aliphatic heterocycles. The van der Waals surface area contributed by atoms with Crippen LogP contribution >= 0.6 is 11.6 Å². The Kier molecular flexibility index (Phi) is 4.36. The predicted molar refractivity (Wildman–Crippen MR) is 76.9 cm³/mol. The summed E-state index contributed by atoms with van der Waals surface area (Å²) in [6.07, 6.45) is 1.91. The van der Waals surface area contributed by atoms with E-state index in [1.54, 1.807) is 0 Å². The zero-order valence-electron chi connectivity index (χ0n) is 12.0. The first-order chi connectivity index (χ1) is 7.64. The molecule has 17 heavy (non-hydrogen) atoms. The van der Waals surface area contributed by atoms with Crippen LogP contribution in [0.5, 0.6) is 0 Å². The summed E-state index contributed by atoms with van der Waals surface area (Å²) in [4.78, 5) is 12.3. The van der Waals surface area contributed by atoms with Gasteiger partial charge in [-0.2, -0.15) is 0 Å². The van der Waals surface area contributed by atoms with Gasteiger partial charge in [0.2, 0.25) is 5.91 Å². The highest BCUT2D eigenvalue weighted by Gasteiger charge is 2.54. The molecule has 1 amide bonds. The minimum absolute atomic E-state index is 0.225. The summed E-state index contributed by atoms with van der Waals surface area (Å²) < 4.78 is 2.20. The third-order valence-corrected chi connectivity index (χ3v) is 10.4. The molecule has 2 atom stereocenters. The Morgan fingerprint density at radius 1 is 1.35 bits per heavy atom. The molecule has 0 aliphatic carbocycles. The molecule has 1 heterocycles. The maximum atomic E-state index is 12.3. The largest absolute Gasteiger partial charge is 0.366 e. The fraction of sp³-hybridized carbons (Fsp3) is 0.923. The van der Waals surface area contributed by atoms with Crippen molar-refractivity contribution in [2.24, 2.45) is 5.92 Å². The highest BCUT2D eigenvalue weighted by molar-refractivity contribution is 6.80. The van der Waals surface area contributed by atoms with Crippen LogP contribution in [0.15, 0.2) is 0 Å². The summed E-state index contributed by atoms with van der Waals surface area (Å²) in [6.45, 7) is 13.6. The van der Waals surface area contributed by atoms with Crippen molar-refractivity contribution >= 4 is 25.7 Å². The molecule has 0 aromatic rings. The molecule has 4 heteroatoms. The molecular formula is C13H26ClNOSi. The molecule has 100 valence electrons. The highest BCUT2D eigenvalue weighted by Crippen LogP contribution is 2.45. The lowest BCUT2D eigenvalue weighted by molar-refractivity contribution is -0.147. The third-order valence-electron chi connectivity index (χ3n) is 4.63. The first-order valence-electron chi connectivity index (χ1n) is 6.53. The van der Waals surface area contributed by atoms with Crippen LogP contribution in [0, 0.1) is 5.92 Å². The van der Waals surface area contributed by atoms with Gasteiger partial charge in [-0.3, -0.25) is 4.79 Å². The van der Waals surface area contributed by atoms with E-state index in [1.165, 1.54) is 0 Å². The van der Waals surface area contributed by atoms with Crippen LogP contribution < -0.4 is 0 Å². The van der Waals surface area contributed by atoms with Crippen LogP contribution in [0.2, 0.25) is 18.1 Å². The number of nitrogens with zero attached hydrogens (tertiary/aromatic N) is 1. The Morgan fingerprint density at radius 3 is 2.24 bits per heavy atom. The van der Waals surface area contributed by atoms with Crippen molar-refractivity contribution in [3.05, 3.63) is 0 Å². The maximum absolute atomic E-state index is 12.3. The monoisotopic (exact) mass is 275 g/mol. The normalized spacial score (nSPS) is 26.1. The van der Waals surface area contributed by atoms with Gasteiger partial charge in [0.1, 0.15) is 0 Å². The van der Waals surface area contributed by atoms with Crippen LogP contribution in [-0.2, 0) is 4.79 Å². The van der Waals surface area contributed by atoms with Crippen molar-refractivity contribution in [1.29, 1.82) is 0 Å². The minimum atomic E-state index is -1.68. The number of hydrogen-bond acceptors (Lipinski definition) is 1. The minimum Gasteiger partial charge on any atom is -0.366 e. The summed E-state index contributed by atoms with van der Waals surface area (Å²) in [5.41, 5.74) is 0. The van der Waals surface area contributed by atoms with E-state index in [0.29, 0.717) is 17.8 Å². The number of carbonyl (C=O) groups excluding carboxylic acids is 1. The fourth-order valence-corrected chi connectivity index (χ4v) is 5.28. The van der Waals surface area contributed by atoms with Gasteiger partial charge in [0.15, 0.2) is 8.24 Å². The van der Waals surface area contributed by atoms with E-state index < -0.39 is 8.24 Å². The summed E-state index contributed by atoms with van der Waals surface area (Å²) in [6, 6.07) is 0.409. The van der Waals surface area contributed by atoms with Gasteiger partial charge in [0, 0.05) is 11.9 Å². The zero-order chi connectivity index (χ0) is 13.4. The summed E-state index contributed by atoms with van der Waals surface area (Å²) >= 11 is 5.70. The Morgan fingerprint density at radius 2 is 1.88 bits per heavy atom. The molecule has 0 saturated carbocycles. The predicted octanol–water partition coefficient (Wildman–Crippen LogP) is 3.86. The second-order valence-corrected chi connectivity index (χ2v) is 12.2. The van der Waals surface area contributed by atoms with Crippen LogP contribution in [0.4, 0.5) is 0 Å². The average molecular weight is 276 g/mol. The van der Waals surface area contributed by atoms with Crippen molar-refractivity contribution < 1.29 is 4.79 Å². The summed E-state index contributed by atoms with van der Waals surface area (Å²) in [7, 11) is -1.68. The molecule has 0 N–H and O–H groups in total. The van der Waals surface area contributed by atoms with Crippen molar-refractivity contribution in [1.82, 2.24) is 4.57 Å². The van der Waals surface area contributed by atoms with Crippen molar-refractivity contribution in [2.45, 2.75) is 64.7 Å². The molecule has 1 aliphatic rings. The fourth-order valence-electron chi connectivity index (χ4n) is 2.49. The Bertz CT molecular complexity index is 298. The smallest absolute Gasteiger partial charge is 0.220 e. The maximum Gasteiger partial charge on any atom is 0.220 e. The van der Waals surface area contributed by atoms with E-state index in [1.807, 2.05) is 0 Å². The summed E-state index contributed by atoms with van der Waals surface area (Å²) in [5, 5.41) is 0.231. The number of amides is 1. The van der Waals surface area contributed by atoms with E-state index in [9.17, 15) is 4.79 Å². The lowest BCUT2D eigenvalue weighted by atomic mass is 9.88. The van der Waals surface area contributed by atoms with E-state index in [-0.39, 0.29) is 11.0 Å². The molecule has 0 aromatic heterocycles. The van der Waals surface area contributed by atoms with Crippen LogP contribution in [0.25, 0.3) is 0 Å². The lowest BCUT2D eigenvalue weighted by Crippen LogP contribution is -2.71. The van der Waals surface area contributed by atoms with E-state index in [2.05, 4.69) is 45.4 Å². The van der Waals surface area contributed by atoms with E-state index in [4.69, 9.17) is 11.6 Å². The molecule has 0 radical (unpaired) electrons. The molecule has 0 aromatic carbocycles. The van der Waals surface area contributed by atoms with Gasteiger partial charge in [-0.05, 0) is 24.8 Å². The standard InChI is InChI=1S/C13H26ClNOSi/c1-10-11(8-7-9-14)12(16)15(10)17(5,6)13(2,3)4/h10-11H,7-9H2,1-6H3/t10?,11-/m0/s1. The average Bonchev–Trinajstić information content (AvgIpc) is 2.16. The number of rotatable bonds is 4. The number of hydrogen-bond donors (Lipinski definition) is 0. The molecule has 1 saturated heterocycles. The van der Waals surface area contributed by atoms with E-state index >= 15 is 0 Å². The van der Waals surface area contributed by atoms with E-state index in [0.717, 1.165) is 12.8 Å². The Labute approximate surface area is 112 Å². The molecule has 1 unspecified atom stereocenters. The van der Waals surface area contributed by atoms with Gasteiger partial charge >= 0.3 is 0 Å². The van der Waals surface area contributed by atoms with Gasteiger partial charge in [0.25, 0.3) is 0 Å². The van der Waals surface area contributed by atoms with Gasteiger partial charge in [-0.15, -0.1) is 11.6 Å². The Balaban J connectivity index is 2.74. The molecule has 0 spiro atoms. The third kappa shape index (κ3) is 2.55. The molecule has 1 rings (SSSR count). The van der Waals surface area contributed by atoms with Gasteiger partial charge < -0.3 is 4.57 Å².